The zero-order valence-corrected chi connectivity index (χ0v) is 11.5. The molecule has 1 aromatic rings. The molecule has 2 amide bonds. The third kappa shape index (κ3) is 4.62. The van der Waals surface area contributed by atoms with Crippen LogP contribution in [0.1, 0.15) is 42.6 Å². The van der Waals surface area contributed by atoms with E-state index >= 15 is 0 Å². The van der Waals surface area contributed by atoms with Gasteiger partial charge in [0.05, 0.1) is 5.56 Å². The molecule has 1 unspecified atom stereocenters. The second-order valence-electron chi connectivity index (χ2n) is 4.62. The predicted octanol–water partition coefficient (Wildman–Crippen LogP) is 3.00. The number of carboxylic acids is 1. The molecule has 0 aliphatic heterocycles. The third-order valence-electron chi connectivity index (χ3n) is 2.83. The fraction of sp³-hybridized carbons (Fsp3) is 0.429. The quantitative estimate of drug-likeness (QED) is 0.765. The highest BCUT2D eigenvalue weighted by atomic mass is 16.4. The summed E-state index contributed by atoms with van der Waals surface area (Å²) in [6.45, 7) is 5.80. The standard InChI is InChI=1S/C14H20N2O3/c1-4-5-10(3)15-14(19)16-12-8-11(13(17)18)7-6-9(12)2/h6-8,10H,4-5H2,1-3H3,(H,17,18)(H2,15,16,19). The maximum Gasteiger partial charge on any atom is 0.335 e. The van der Waals surface area contributed by atoms with E-state index in [9.17, 15) is 9.59 Å². The van der Waals surface area contributed by atoms with E-state index in [1.54, 1.807) is 6.07 Å². The lowest BCUT2D eigenvalue weighted by atomic mass is 10.1. The molecular formula is C14H20N2O3. The molecule has 0 bridgehead atoms. The van der Waals surface area contributed by atoms with Crippen molar-refractivity contribution in [2.24, 2.45) is 0 Å². The number of hydrogen-bond donors (Lipinski definition) is 3. The van der Waals surface area contributed by atoms with Crippen LogP contribution in [-0.2, 0) is 0 Å². The Morgan fingerprint density at radius 1 is 1.37 bits per heavy atom. The largest absolute Gasteiger partial charge is 0.478 e. The third-order valence-corrected chi connectivity index (χ3v) is 2.83. The second kappa shape index (κ2) is 6.78. The molecule has 1 rings (SSSR count). The molecule has 0 heterocycles. The molecule has 1 aromatic carbocycles. The SMILES string of the molecule is CCCC(C)NC(=O)Nc1cc(C(=O)O)ccc1C. The van der Waals surface area contributed by atoms with Crippen molar-refractivity contribution in [3.8, 4) is 0 Å². The lowest BCUT2D eigenvalue weighted by Gasteiger charge is -2.15. The van der Waals surface area contributed by atoms with Gasteiger partial charge in [-0.25, -0.2) is 9.59 Å². The number of nitrogens with one attached hydrogen (secondary N) is 2. The van der Waals surface area contributed by atoms with Crippen LogP contribution in [0.15, 0.2) is 18.2 Å². The lowest BCUT2D eigenvalue weighted by molar-refractivity contribution is 0.0697. The number of hydrogen-bond acceptors (Lipinski definition) is 2. The summed E-state index contributed by atoms with van der Waals surface area (Å²) >= 11 is 0. The maximum atomic E-state index is 11.8. The smallest absolute Gasteiger partial charge is 0.335 e. The molecule has 3 N–H and O–H groups in total. The van der Waals surface area contributed by atoms with Crippen LogP contribution in [0.25, 0.3) is 0 Å². The van der Waals surface area contributed by atoms with Crippen molar-refractivity contribution in [3.63, 3.8) is 0 Å². The minimum absolute atomic E-state index is 0.0907. The van der Waals surface area contributed by atoms with Crippen molar-refractivity contribution < 1.29 is 14.7 Å². The first-order valence-electron chi connectivity index (χ1n) is 6.35. The van der Waals surface area contributed by atoms with Gasteiger partial charge in [0.25, 0.3) is 0 Å². The van der Waals surface area contributed by atoms with E-state index in [1.807, 2.05) is 13.8 Å². The molecule has 104 valence electrons. The van der Waals surface area contributed by atoms with Crippen LogP contribution in [0.5, 0.6) is 0 Å². The summed E-state index contributed by atoms with van der Waals surface area (Å²) in [6.07, 6.45) is 1.90. The molecule has 0 saturated heterocycles. The average Bonchev–Trinajstić information content (AvgIpc) is 2.31. The number of urea groups is 1. The van der Waals surface area contributed by atoms with Gasteiger partial charge in [-0.05, 0) is 38.0 Å². The Hall–Kier alpha value is -2.04. The molecule has 0 spiro atoms. The van der Waals surface area contributed by atoms with Gasteiger partial charge in [-0.15, -0.1) is 0 Å². The summed E-state index contributed by atoms with van der Waals surface area (Å²) in [5, 5.41) is 14.4. The van der Waals surface area contributed by atoms with E-state index in [2.05, 4.69) is 17.6 Å². The summed E-state index contributed by atoms with van der Waals surface area (Å²) < 4.78 is 0. The van der Waals surface area contributed by atoms with Gasteiger partial charge < -0.3 is 15.7 Å². The van der Waals surface area contributed by atoms with Crippen molar-refractivity contribution >= 4 is 17.7 Å². The molecule has 19 heavy (non-hydrogen) atoms. The number of aryl methyl sites for hydroxylation is 1. The Balaban J connectivity index is 2.73. The van der Waals surface area contributed by atoms with Crippen LogP contribution in [0, 0.1) is 6.92 Å². The first kappa shape index (κ1) is 15.0. The van der Waals surface area contributed by atoms with Gasteiger partial charge in [0.1, 0.15) is 0 Å². The molecule has 0 fully saturated rings. The summed E-state index contributed by atoms with van der Waals surface area (Å²) in [5.74, 6) is -1.01. The minimum Gasteiger partial charge on any atom is -0.478 e. The van der Waals surface area contributed by atoms with Crippen molar-refractivity contribution in [1.29, 1.82) is 0 Å². The number of carbonyl (C=O) groups excluding carboxylic acids is 1. The van der Waals surface area contributed by atoms with Crippen LogP contribution >= 0.6 is 0 Å². The van der Waals surface area contributed by atoms with E-state index in [-0.39, 0.29) is 17.6 Å². The van der Waals surface area contributed by atoms with E-state index in [1.165, 1.54) is 12.1 Å². The zero-order chi connectivity index (χ0) is 14.4. The summed E-state index contributed by atoms with van der Waals surface area (Å²) in [7, 11) is 0. The summed E-state index contributed by atoms with van der Waals surface area (Å²) in [4.78, 5) is 22.6. The number of anilines is 1. The summed E-state index contributed by atoms with van der Waals surface area (Å²) in [6, 6.07) is 4.43. The zero-order valence-electron chi connectivity index (χ0n) is 11.5. The molecule has 5 nitrogen and oxygen atoms in total. The summed E-state index contributed by atoms with van der Waals surface area (Å²) in [5.41, 5.74) is 1.49. The maximum absolute atomic E-state index is 11.8. The minimum atomic E-state index is -1.01. The fourth-order valence-corrected chi connectivity index (χ4v) is 1.78. The molecule has 0 radical (unpaired) electrons. The van der Waals surface area contributed by atoms with Crippen molar-refractivity contribution in [3.05, 3.63) is 29.3 Å². The van der Waals surface area contributed by atoms with E-state index in [0.717, 1.165) is 18.4 Å². The highest BCUT2D eigenvalue weighted by molar-refractivity contribution is 5.94. The fourth-order valence-electron chi connectivity index (χ4n) is 1.78. The number of amides is 2. The van der Waals surface area contributed by atoms with Crippen LogP contribution < -0.4 is 10.6 Å². The Kier molecular flexibility index (Phi) is 5.36. The van der Waals surface area contributed by atoms with Crippen LogP contribution in [0.3, 0.4) is 0 Å². The van der Waals surface area contributed by atoms with Gasteiger partial charge in [-0.2, -0.15) is 0 Å². The number of carboxylic acid groups (broad SMARTS) is 1. The monoisotopic (exact) mass is 264 g/mol. The number of aromatic carboxylic acids is 1. The van der Waals surface area contributed by atoms with Gasteiger partial charge in [-0.3, -0.25) is 0 Å². The van der Waals surface area contributed by atoms with Gasteiger partial charge in [-0.1, -0.05) is 19.4 Å². The van der Waals surface area contributed by atoms with Gasteiger partial charge >= 0.3 is 12.0 Å². The topological polar surface area (TPSA) is 78.4 Å². The van der Waals surface area contributed by atoms with Gasteiger partial charge in [0, 0.05) is 11.7 Å². The van der Waals surface area contributed by atoms with Crippen LogP contribution in [-0.4, -0.2) is 23.1 Å². The van der Waals surface area contributed by atoms with Crippen LogP contribution in [0.2, 0.25) is 0 Å². The van der Waals surface area contributed by atoms with Crippen molar-refractivity contribution in [2.45, 2.75) is 39.7 Å². The number of rotatable bonds is 5. The van der Waals surface area contributed by atoms with E-state index < -0.39 is 5.97 Å². The normalized spacial score (nSPS) is 11.7. The van der Waals surface area contributed by atoms with Gasteiger partial charge in [0.15, 0.2) is 0 Å². The molecular weight excluding hydrogens is 244 g/mol. The molecule has 1 atom stereocenters. The van der Waals surface area contributed by atoms with Gasteiger partial charge in [0.2, 0.25) is 0 Å². The van der Waals surface area contributed by atoms with Crippen molar-refractivity contribution in [1.82, 2.24) is 5.32 Å². The highest BCUT2D eigenvalue weighted by Gasteiger charge is 2.10. The number of carbonyl (C=O) groups is 2. The highest BCUT2D eigenvalue weighted by Crippen LogP contribution is 2.17. The molecule has 5 heteroatoms. The van der Waals surface area contributed by atoms with E-state index in [4.69, 9.17) is 5.11 Å². The van der Waals surface area contributed by atoms with Crippen molar-refractivity contribution in [2.75, 3.05) is 5.32 Å². The predicted molar refractivity (Wildman–Crippen MR) is 74.7 cm³/mol. The Bertz CT molecular complexity index is 472. The first-order valence-corrected chi connectivity index (χ1v) is 6.35. The first-order chi connectivity index (χ1) is 8.93. The number of benzene rings is 1. The Morgan fingerprint density at radius 3 is 2.63 bits per heavy atom. The average molecular weight is 264 g/mol. The van der Waals surface area contributed by atoms with E-state index in [0.29, 0.717) is 5.69 Å². The Morgan fingerprint density at radius 2 is 2.05 bits per heavy atom. The second-order valence-corrected chi connectivity index (χ2v) is 4.62. The molecule has 0 saturated carbocycles. The molecule has 0 aliphatic rings. The molecule has 0 aromatic heterocycles. The Labute approximate surface area is 113 Å². The lowest BCUT2D eigenvalue weighted by Crippen LogP contribution is -2.36. The molecule has 0 aliphatic carbocycles. The van der Waals surface area contributed by atoms with Crippen LogP contribution in [0.4, 0.5) is 10.5 Å².